The van der Waals surface area contributed by atoms with Crippen molar-refractivity contribution in [2.75, 3.05) is 6.54 Å². The first kappa shape index (κ1) is 17.0. The Bertz CT molecular complexity index is 640. The van der Waals surface area contributed by atoms with E-state index < -0.39 is 6.10 Å². The summed E-state index contributed by atoms with van der Waals surface area (Å²) in [4.78, 5) is 12.0. The summed E-state index contributed by atoms with van der Waals surface area (Å²) in [6, 6.07) is 14.1. The molecule has 122 valence electrons. The summed E-state index contributed by atoms with van der Waals surface area (Å²) < 4.78 is 18.5. The molecule has 0 fully saturated rings. The van der Waals surface area contributed by atoms with Gasteiger partial charge in [-0.3, -0.25) is 4.79 Å². The van der Waals surface area contributed by atoms with Crippen molar-refractivity contribution in [3.8, 4) is 5.75 Å². The lowest BCUT2D eigenvalue weighted by atomic mass is 10.1. The average molecular weight is 315 g/mol. The Hall–Kier alpha value is -2.36. The van der Waals surface area contributed by atoms with Gasteiger partial charge >= 0.3 is 0 Å². The maximum Gasteiger partial charge on any atom is 0.260 e. The lowest BCUT2D eigenvalue weighted by Gasteiger charge is -2.16. The van der Waals surface area contributed by atoms with Crippen LogP contribution in [0.3, 0.4) is 0 Å². The van der Waals surface area contributed by atoms with Crippen LogP contribution in [0.4, 0.5) is 4.39 Å². The Labute approximate surface area is 136 Å². The number of halogens is 1. The summed E-state index contributed by atoms with van der Waals surface area (Å²) in [6.07, 6.45) is 1.06. The molecule has 3 nitrogen and oxygen atoms in total. The topological polar surface area (TPSA) is 38.3 Å². The van der Waals surface area contributed by atoms with Gasteiger partial charge in [-0.2, -0.15) is 0 Å². The Morgan fingerprint density at radius 3 is 2.57 bits per heavy atom. The summed E-state index contributed by atoms with van der Waals surface area (Å²) >= 11 is 0. The van der Waals surface area contributed by atoms with Gasteiger partial charge in [0.15, 0.2) is 6.10 Å². The van der Waals surface area contributed by atoms with E-state index >= 15 is 0 Å². The van der Waals surface area contributed by atoms with Crippen LogP contribution in [-0.4, -0.2) is 18.6 Å². The van der Waals surface area contributed by atoms with Gasteiger partial charge in [0.05, 0.1) is 0 Å². The third-order valence-corrected chi connectivity index (χ3v) is 3.62. The van der Waals surface area contributed by atoms with Gasteiger partial charge in [-0.05, 0) is 56.0 Å². The minimum atomic E-state index is -0.540. The zero-order valence-corrected chi connectivity index (χ0v) is 13.5. The molecule has 2 aromatic carbocycles. The molecule has 0 aromatic heterocycles. The smallest absolute Gasteiger partial charge is 0.260 e. The van der Waals surface area contributed by atoms with Crippen LogP contribution in [0.25, 0.3) is 0 Å². The molecule has 0 heterocycles. The van der Waals surface area contributed by atoms with E-state index in [1.165, 1.54) is 12.1 Å². The second-order valence-electron chi connectivity index (χ2n) is 5.55. The first-order valence-electron chi connectivity index (χ1n) is 7.80. The standard InChI is InChI=1S/C19H22FNO2/c1-14-6-3-4-8-18(14)23-15(2)19(22)21-13-5-7-16-9-11-17(20)12-10-16/h3-4,6,8-12,15H,5,7,13H2,1-2H3,(H,21,22)/t15-/m1/s1. The average Bonchev–Trinajstić information content (AvgIpc) is 2.55. The van der Waals surface area contributed by atoms with Crippen molar-refractivity contribution in [1.29, 1.82) is 0 Å². The summed E-state index contributed by atoms with van der Waals surface area (Å²) in [5.74, 6) is 0.359. The first-order valence-corrected chi connectivity index (χ1v) is 7.80. The number of hydrogen-bond donors (Lipinski definition) is 1. The van der Waals surface area contributed by atoms with Gasteiger partial charge in [0.25, 0.3) is 5.91 Å². The van der Waals surface area contributed by atoms with Crippen molar-refractivity contribution < 1.29 is 13.9 Å². The Kier molecular flexibility index (Phi) is 6.15. The quantitative estimate of drug-likeness (QED) is 0.792. The molecule has 0 saturated heterocycles. The van der Waals surface area contributed by atoms with E-state index in [0.717, 1.165) is 29.7 Å². The van der Waals surface area contributed by atoms with Crippen LogP contribution < -0.4 is 10.1 Å². The fraction of sp³-hybridized carbons (Fsp3) is 0.316. The zero-order valence-electron chi connectivity index (χ0n) is 13.5. The fourth-order valence-electron chi connectivity index (χ4n) is 2.23. The molecule has 4 heteroatoms. The highest BCUT2D eigenvalue weighted by Gasteiger charge is 2.14. The van der Waals surface area contributed by atoms with Crippen molar-refractivity contribution in [3.63, 3.8) is 0 Å². The maximum absolute atomic E-state index is 12.8. The van der Waals surface area contributed by atoms with Gasteiger partial charge in [0.1, 0.15) is 11.6 Å². The van der Waals surface area contributed by atoms with E-state index in [4.69, 9.17) is 4.74 Å². The van der Waals surface area contributed by atoms with Crippen LogP contribution >= 0.6 is 0 Å². The Morgan fingerprint density at radius 2 is 1.87 bits per heavy atom. The highest BCUT2D eigenvalue weighted by atomic mass is 19.1. The highest BCUT2D eigenvalue weighted by molar-refractivity contribution is 5.80. The van der Waals surface area contributed by atoms with E-state index in [2.05, 4.69) is 5.32 Å². The number of carbonyl (C=O) groups is 1. The summed E-state index contributed by atoms with van der Waals surface area (Å²) in [6.45, 7) is 4.25. The van der Waals surface area contributed by atoms with Crippen LogP contribution in [-0.2, 0) is 11.2 Å². The van der Waals surface area contributed by atoms with Crippen molar-refractivity contribution in [2.24, 2.45) is 0 Å². The predicted molar refractivity (Wildman–Crippen MR) is 89.0 cm³/mol. The largest absolute Gasteiger partial charge is 0.481 e. The fourth-order valence-corrected chi connectivity index (χ4v) is 2.23. The van der Waals surface area contributed by atoms with Crippen molar-refractivity contribution in [2.45, 2.75) is 32.8 Å². The number of aryl methyl sites for hydroxylation is 2. The number of carbonyl (C=O) groups excluding carboxylic acids is 1. The van der Waals surface area contributed by atoms with Crippen LogP contribution in [0.1, 0.15) is 24.5 Å². The monoisotopic (exact) mass is 315 g/mol. The predicted octanol–water partition coefficient (Wildman–Crippen LogP) is 3.65. The second-order valence-corrected chi connectivity index (χ2v) is 5.55. The number of para-hydroxylation sites is 1. The Balaban J connectivity index is 1.72. The molecule has 0 aliphatic carbocycles. The minimum absolute atomic E-state index is 0.132. The summed E-state index contributed by atoms with van der Waals surface area (Å²) in [5, 5.41) is 2.87. The molecule has 0 saturated carbocycles. The molecule has 0 radical (unpaired) electrons. The third-order valence-electron chi connectivity index (χ3n) is 3.62. The number of nitrogens with one attached hydrogen (secondary N) is 1. The molecule has 0 bridgehead atoms. The van der Waals surface area contributed by atoms with Gasteiger partial charge in [0, 0.05) is 6.54 Å². The minimum Gasteiger partial charge on any atom is -0.481 e. The molecule has 0 spiro atoms. The molecule has 1 amide bonds. The molecule has 23 heavy (non-hydrogen) atoms. The van der Waals surface area contributed by atoms with Crippen molar-refractivity contribution in [1.82, 2.24) is 5.32 Å². The number of ether oxygens (including phenoxy) is 1. The SMILES string of the molecule is Cc1ccccc1O[C@H](C)C(=O)NCCCc1ccc(F)cc1. The molecule has 1 N–H and O–H groups in total. The lowest BCUT2D eigenvalue weighted by Crippen LogP contribution is -2.37. The van der Waals surface area contributed by atoms with Gasteiger partial charge in [-0.15, -0.1) is 0 Å². The molecule has 2 aromatic rings. The van der Waals surface area contributed by atoms with Crippen LogP contribution in [0.5, 0.6) is 5.75 Å². The zero-order chi connectivity index (χ0) is 16.7. The second kappa shape index (κ2) is 8.32. The third kappa shape index (κ3) is 5.40. The molecule has 0 aliphatic rings. The molecular weight excluding hydrogens is 293 g/mol. The molecule has 0 unspecified atom stereocenters. The van der Waals surface area contributed by atoms with Gasteiger partial charge in [-0.1, -0.05) is 30.3 Å². The van der Waals surface area contributed by atoms with Crippen LogP contribution in [0.15, 0.2) is 48.5 Å². The van der Waals surface area contributed by atoms with Crippen LogP contribution in [0, 0.1) is 12.7 Å². The summed E-state index contributed by atoms with van der Waals surface area (Å²) in [5.41, 5.74) is 2.06. The normalized spacial score (nSPS) is 11.8. The van der Waals surface area contributed by atoms with E-state index in [-0.39, 0.29) is 11.7 Å². The number of hydrogen-bond acceptors (Lipinski definition) is 2. The van der Waals surface area contributed by atoms with Gasteiger partial charge in [0.2, 0.25) is 0 Å². The van der Waals surface area contributed by atoms with E-state index in [1.54, 1.807) is 19.1 Å². The van der Waals surface area contributed by atoms with Crippen molar-refractivity contribution in [3.05, 3.63) is 65.5 Å². The molecule has 2 rings (SSSR count). The van der Waals surface area contributed by atoms with E-state index in [9.17, 15) is 9.18 Å². The first-order chi connectivity index (χ1) is 11.1. The van der Waals surface area contributed by atoms with Gasteiger partial charge < -0.3 is 10.1 Å². The number of benzene rings is 2. The molecular formula is C19H22FNO2. The number of rotatable bonds is 7. The van der Waals surface area contributed by atoms with E-state index in [0.29, 0.717) is 6.54 Å². The van der Waals surface area contributed by atoms with Gasteiger partial charge in [-0.25, -0.2) is 4.39 Å². The molecule has 0 aliphatic heterocycles. The highest BCUT2D eigenvalue weighted by Crippen LogP contribution is 2.17. The summed E-state index contributed by atoms with van der Waals surface area (Å²) in [7, 11) is 0. The maximum atomic E-state index is 12.8. The van der Waals surface area contributed by atoms with E-state index in [1.807, 2.05) is 31.2 Å². The van der Waals surface area contributed by atoms with Crippen molar-refractivity contribution >= 4 is 5.91 Å². The van der Waals surface area contributed by atoms with Crippen LogP contribution in [0.2, 0.25) is 0 Å². The lowest BCUT2D eigenvalue weighted by molar-refractivity contribution is -0.127. The Morgan fingerprint density at radius 1 is 1.17 bits per heavy atom. The number of amides is 1. The molecule has 1 atom stereocenters.